The maximum absolute atomic E-state index is 6.21. The molecule has 0 aliphatic rings. The van der Waals surface area contributed by atoms with Gasteiger partial charge >= 0.3 is 0 Å². The van der Waals surface area contributed by atoms with E-state index in [-0.39, 0.29) is 5.89 Å². The third-order valence-electron chi connectivity index (χ3n) is 4.20. The van der Waals surface area contributed by atoms with Crippen LogP contribution in [0.2, 0.25) is 5.02 Å². The van der Waals surface area contributed by atoms with Crippen LogP contribution in [0.25, 0.3) is 28.7 Å². The van der Waals surface area contributed by atoms with Crippen LogP contribution < -0.4 is 4.74 Å². The molecule has 0 aliphatic heterocycles. The quantitative estimate of drug-likeness (QED) is 0.525. The first-order valence-electron chi connectivity index (χ1n) is 8.25. The molecular formula is C19H16ClN5O2. The van der Waals surface area contributed by atoms with Crippen molar-refractivity contribution in [3.05, 3.63) is 58.7 Å². The molecule has 27 heavy (non-hydrogen) atoms. The number of hydrogen-bond acceptors (Lipinski definition) is 6. The highest BCUT2D eigenvalue weighted by Gasteiger charge is 2.21. The van der Waals surface area contributed by atoms with E-state index >= 15 is 0 Å². The summed E-state index contributed by atoms with van der Waals surface area (Å²) in [5.41, 5.74) is 3.83. The Labute approximate surface area is 160 Å². The van der Waals surface area contributed by atoms with Gasteiger partial charge in [-0.05, 0) is 43.7 Å². The van der Waals surface area contributed by atoms with Crippen molar-refractivity contribution in [1.29, 1.82) is 0 Å². The fourth-order valence-electron chi connectivity index (χ4n) is 2.79. The van der Waals surface area contributed by atoms with Crippen LogP contribution in [0.15, 0.2) is 47.0 Å². The Bertz CT molecular complexity index is 1120. The summed E-state index contributed by atoms with van der Waals surface area (Å²) in [7, 11) is 1.62. The minimum Gasteiger partial charge on any atom is -0.494 e. The molecule has 8 heteroatoms. The molecular weight excluding hydrogens is 366 g/mol. The summed E-state index contributed by atoms with van der Waals surface area (Å²) in [6.45, 7) is 3.89. The Kier molecular flexibility index (Phi) is 4.37. The fourth-order valence-corrected chi connectivity index (χ4v) is 3.01. The normalized spacial score (nSPS) is 11.0. The molecule has 0 fully saturated rings. The summed E-state index contributed by atoms with van der Waals surface area (Å²) in [6.07, 6.45) is 0. The monoisotopic (exact) mass is 381 g/mol. The molecule has 2 heterocycles. The molecule has 4 aromatic rings. The Morgan fingerprint density at radius 3 is 2.70 bits per heavy atom. The van der Waals surface area contributed by atoms with E-state index in [9.17, 15) is 0 Å². The molecule has 136 valence electrons. The van der Waals surface area contributed by atoms with Crippen molar-refractivity contribution in [2.24, 2.45) is 0 Å². The van der Waals surface area contributed by atoms with E-state index < -0.39 is 0 Å². The Morgan fingerprint density at radius 1 is 1.11 bits per heavy atom. The van der Waals surface area contributed by atoms with Gasteiger partial charge in [-0.3, -0.25) is 0 Å². The van der Waals surface area contributed by atoms with E-state index in [0.717, 1.165) is 16.9 Å². The van der Waals surface area contributed by atoms with E-state index in [1.165, 1.54) is 0 Å². The average molecular weight is 382 g/mol. The minimum atomic E-state index is 0.278. The van der Waals surface area contributed by atoms with Crippen LogP contribution in [0.4, 0.5) is 0 Å². The molecule has 0 bridgehead atoms. The summed E-state index contributed by atoms with van der Waals surface area (Å²) in [5, 5.41) is 13.0. The Balaban J connectivity index is 1.76. The molecule has 2 aromatic carbocycles. The topological polar surface area (TPSA) is 78.9 Å². The number of aromatic nitrogens is 5. The largest absolute Gasteiger partial charge is 0.494 e. The molecule has 0 unspecified atom stereocenters. The van der Waals surface area contributed by atoms with Gasteiger partial charge in [0.25, 0.3) is 5.89 Å². The summed E-state index contributed by atoms with van der Waals surface area (Å²) >= 11 is 6.21. The van der Waals surface area contributed by atoms with Crippen LogP contribution in [-0.2, 0) is 0 Å². The second kappa shape index (κ2) is 6.85. The van der Waals surface area contributed by atoms with Gasteiger partial charge in [0.05, 0.1) is 17.8 Å². The average Bonchev–Trinajstić information content (AvgIpc) is 3.28. The lowest BCUT2D eigenvalue weighted by molar-refractivity contribution is 0.411. The number of benzene rings is 2. The van der Waals surface area contributed by atoms with Gasteiger partial charge in [0.15, 0.2) is 5.69 Å². The van der Waals surface area contributed by atoms with Crippen molar-refractivity contribution in [2.45, 2.75) is 13.8 Å². The van der Waals surface area contributed by atoms with Crippen molar-refractivity contribution in [3.63, 3.8) is 0 Å². The van der Waals surface area contributed by atoms with Gasteiger partial charge in [0.1, 0.15) is 11.4 Å². The molecule has 0 atom stereocenters. The first-order valence-corrected chi connectivity index (χ1v) is 8.62. The molecule has 4 rings (SSSR count). The summed E-state index contributed by atoms with van der Waals surface area (Å²) < 4.78 is 12.5. The third kappa shape index (κ3) is 3.06. The van der Waals surface area contributed by atoms with Crippen molar-refractivity contribution in [3.8, 4) is 34.4 Å². The van der Waals surface area contributed by atoms with Crippen molar-refractivity contribution < 1.29 is 9.26 Å². The molecule has 0 saturated heterocycles. The van der Waals surface area contributed by atoms with Gasteiger partial charge in [-0.1, -0.05) is 40.2 Å². The standard InChI is InChI=1S/C19H16ClN5O2/c1-11-8-9-16(26-3)15(10-11)25-12(2)17(22-24-25)19-21-18(23-27-19)13-6-4-5-7-14(13)20/h4-10H,1-3H3. The first kappa shape index (κ1) is 17.2. The number of methoxy groups -OCH3 is 1. The number of ether oxygens (including phenoxy) is 1. The molecule has 7 nitrogen and oxygen atoms in total. The van der Waals surface area contributed by atoms with Crippen LogP contribution in [-0.4, -0.2) is 32.2 Å². The zero-order valence-electron chi connectivity index (χ0n) is 15.0. The smallest absolute Gasteiger partial charge is 0.280 e. The second-order valence-electron chi connectivity index (χ2n) is 6.01. The van der Waals surface area contributed by atoms with Crippen LogP contribution in [0.3, 0.4) is 0 Å². The predicted octanol–water partition coefficient (Wildman–Crippen LogP) is 4.26. The fraction of sp³-hybridized carbons (Fsp3) is 0.158. The van der Waals surface area contributed by atoms with Crippen LogP contribution >= 0.6 is 11.6 Å². The predicted molar refractivity (Wildman–Crippen MR) is 101 cm³/mol. The van der Waals surface area contributed by atoms with Crippen LogP contribution in [0, 0.1) is 13.8 Å². The van der Waals surface area contributed by atoms with Gasteiger partial charge in [-0.15, -0.1) is 5.10 Å². The van der Waals surface area contributed by atoms with Gasteiger partial charge in [0.2, 0.25) is 5.82 Å². The number of nitrogens with zero attached hydrogens (tertiary/aromatic N) is 5. The molecule has 0 aliphatic carbocycles. The lowest BCUT2D eigenvalue weighted by Crippen LogP contribution is -2.02. The highest BCUT2D eigenvalue weighted by atomic mass is 35.5. The Morgan fingerprint density at radius 2 is 1.93 bits per heavy atom. The highest BCUT2D eigenvalue weighted by molar-refractivity contribution is 6.33. The lowest BCUT2D eigenvalue weighted by atomic mass is 10.2. The maximum Gasteiger partial charge on any atom is 0.280 e. The van der Waals surface area contributed by atoms with Gasteiger partial charge < -0.3 is 9.26 Å². The molecule has 0 saturated carbocycles. The van der Waals surface area contributed by atoms with Crippen molar-refractivity contribution in [1.82, 2.24) is 25.1 Å². The minimum absolute atomic E-state index is 0.278. The van der Waals surface area contributed by atoms with Crippen molar-refractivity contribution in [2.75, 3.05) is 7.11 Å². The van der Waals surface area contributed by atoms with Gasteiger partial charge in [0, 0.05) is 5.56 Å². The molecule has 0 radical (unpaired) electrons. The summed E-state index contributed by atoms with van der Waals surface area (Å²) in [6, 6.07) is 13.2. The second-order valence-corrected chi connectivity index (χ2v) is 6.42. The molecule has 0 N–H and O–H groups in total. The van der Waals surface area contributed by atoms with Crippen LogP contribution in [0.5, 0.6) is 5.75 Å². The SMILES string of the molecule is COc1ccc(C)cc1-n1nnc(-c2nc(-c3ccccc3Cl)no2)c1C. The maximum atomic E-state index is 6.21. The Hall–Kier alpha value is -3.19. The third-order valence-corrected chi connectivity index (χ3v) is 4.53. The van der Waals surface area contributed by atoms with Crippen molar-refractivity contribution >= 4 is 11.6 Å². The highest BCUT2D eigenvalue weighted by Crippen LogP contribution is 2.30. The van der Waals surface area contributed by atoms with E-state index in [1.54, 1.807) is 17.9 Å². The number of halogens is 1. The molecule has 0 spiro atoms. The summed E-state index contributed by atoms with van der Waals surface area (Å²) in [4.78, 5) is 4.43. The van der Waals surface area contributed by atoms with Crippen LogP contribution in [0.1, 0.15) is 11.3 Å². The first-order chi connectivity index (χ1) is 13.1. The number of aryl methyl sites for hydroxylation is 1. The molecule has 0 amide bonds. The van der Waals surface area contributed by atoms with Gasteiger partial charge in [-0.2, -0.15) is 4.98 Å². The van der Waals surface area contributed by atoms with E-state index in [4.69, 9.17) is 20.9 Å². The summed E-state index contributed by atoms with van der Waals surface area (Å²) in [5.74, 6) is 1.38. The van der Waals surface area contributed by atoms with Gasteiger partial charge in [-0.25, -0.2) is 4.68 Å². The molecule has 2 aromatic heterocycles. The zero-order chi connectivity index (χ0) is 19.0. The lowest BCUT2D eigenvalue weighted by Gasteiger charge is -2.10. The van der Waals surface area contributed by atoms with E-state index in [2.05, 4.69) is 20.5 Å². The van der Waals surface area contributed by atoms with E-state index in [1.807, 2.05) is 50.2 Å². The zero-order valence-corrected chi connectivity index (χ0v) is 15.7. The number of rotatable bonds is 4. The number of hydrogen-bond donors (Lipinski definition) is 0. The van der Waals surface area contributed by atoms with E-state index in [0.29, 0.717) is 27.9 Å².